The first-order valence-corrected chi connectivity index (χ1v) is 10.3. The van der Waals surface area contributed by atoms with Gasteiger partial charge in [-0.05, 0) is 23.8 Å². The lowest BCUT2D eigenvalue weighted by Crippen LogP contribution is -2.31. The summed E-state index contributed by atoms with van der Waals surface area (Å²) in [6, 6.07) is 9.73. The molecule has 0 atom stereocenters. The number of sulfonamides is 1. The molecular weight excluding hydrogens is 406 g/mol. The van der Waals surface area contributed by atoms with E-state index in [1.807, 2.05) is 0 Å². The van der Waals surface area contributed by atoms with Crippen molar-refractivity contribution in [2.75, 3.05) is 13.1 Å². The first-order valence-electron chi connectivity index (χ1n) is 8.52. The predicted octanol–water partition coefficient (Wildman–Crippen LogP) is 3.21. The fraction of sp³-hybridized carbons (Fsp3) is 0.278. The van der Waals surface area contributed by atoms with Gasteiger partial charge in [0.25, 0.3) is 11.6 Å². The van der Waals surface area contributed by atoms with Crippen LogP contribution in [0, 0.1) is 10.1 Å². The van der Waals surface area contributed by atoms with E-state index in [0.29, 0.717) is 18.7 Å². The standard InChI is InChI=1S/C18H20ClN3O5S/c1-3-21(4-2)28(26,27)15-9-10-17(19)16(11-15)18(23)20-12-13-5-7-14(8-6-13)22(24)25/h5-11H,3-4,12H2,1-2H3,(H,20,23). The van der Waals surface area contributed by atoms with Crippen LogP contribution in [0.3, 0.4) is 0 Å². The number of amides is 1. The lowest BCUT2D eigenvalue weighted by molar-refractivity contribution is -0.384. The van der Waals surface area contributed by atoms with E-state index in [0.717, 1.165) is 0 Å². The number of halogens is 1. The number of nitrogens with one attached hydrogen (secondary N) is 1. The molecule has 0 radical (unpaired) electrons. The zero-order valence-electron chi connectivity index (χ0n) is 15.4. The fourth-order valence-corrected chi connectivity index (χ4v) is 4.25. The van der Waals surface area contributed by atoms with Crippen molar-refractivity contribution in [2.24, 2.45) is 0 Å². The zero-order chi connectivity index (χ0) is 20.9. The van der Waals surface area contributed by atoms with Crippen LogP contribution in [0.1, 0.15) is 29.8 Å². The lowest BCUT2D eigenvalue weighted by Gasteiger charge is -2.19. The van der Waals surface area contributed by atoms with Gasteiger partial charge < -0.3 is 5.32 Å². The SMILES string of the molecule is CCN(CC)S(=O)(=O)c1ccc(Cl)c(C(=O)NCc2ccc([N+](=O)[O-])cc2)c1. The first kappa shape index (κ1) is 21.8. The van der Waals surface area contributed by atoms with Crippen molar-refractivity contribution in [3.8, 4) is 0 Å². The van der Waals surface area contributed by atoms with E-state index in [4.69, 9.17) is 11.6 Å². The van der Waals surface area contributed by atoms with Gasteiger partial charge in [-0.15, -0.1) is 0 Å². The summed E-state index contributed by atoms with van der Waals surface area (Å²) in [6.45, 7) is 4.19. The number of rotatable bonds is 8. The molecule has 2 rings (SSSR count). The Labute approximate surface area is 168 Å². The van der Waals surface area contributed by atoms with Crippen LogP contribution < -0.4 is 5.32 Å². The summed E-state index contributed by atoms with van der Waals surface area (Å²) < 4.78 is 26.6. The number of nitro groups is 1. The van der Waals surface area contributed by atoms with Crippen LogP contribution in [0.5, 0.6) is 0 Å². The number of benzene rings is 2. The zero-order valence-corrected chi connectivity index (χ0v) is 17.0. The van der Waals surface area contributed by atoms with Crippen LogP contribution in [-0.4, -0.2) is 36.6 Å². The van der Waals surface area contributed by atoms with Gasteiger partial charge in [0.05, 0.1) is 20.4 Å². The predicted molar refractivity (Wildman–Crippen MR) is 106 cm³/mol. The van der Waals surface area contributed by atoms with Gasteiger partial charge in [0.1, 0.15) is 0 Å². The van der Waals surface area contributed by atoms with E-state index in [-0.39, 0.29) is 27.7 Å². The highest BCUT2D eigenvalue weighted by Gasteiger charge is 2.23. The highest BCUT2D eigenvalue weighted by molar-refractivity contribution is 7.89. The molecule has 0 bridgehead atoms. The molecule has 2 aromatic rings. The number of carbonyl (C=O) groups excluding carboxylic acids is 1. The van der Waals surface area contributed by atoms with E-state index in [1.165, 1.54) is 46.8 Å². The van der Waals surface area contributed by atoms with Crippen molar-refractivity contribution in [3.05, 3.63) is 68.7 Å². The summed E-state index contributed by atoms with van der Waals surface area (Å²) >= 11 is 6.08. The third-order valence-electron chi connectivity index (χ3n) is 4.13. The molecule has 8 nitrogen and oxygen atoms in total. The third-order valence-corrected chi connectivity index (χ3v) is 6.50. The Morgan fingerprint density at radius 3 is 2.29 bits per heavy atom. The van der Waals surface area contributed by atoms with Crippen molar-refractivity contribution in [1.29, 1.82) is 0 Å². The fourth-order valence-electron chi connectivity index (χ4n) is 2.56. The molecule has 0 unspecified atom stereocenters. The minimum atomic E-state index is -3.72. The summed E-state index contributed by atoms with van der Waals surface area (Å²) in [5, 5.41) is 13.4. The van der Waals surface area contributed by atoms with E-state index in [1.54, 1.807) is 13.8 Å². The van der Waals surface area contributed by atoms with Gasteiger partial charge in [0.15, 0.2) is 0 Å². The maximum Gasteiger partial charge on any atom is 0.269 e. The van der Waals surface area contributed by atoms with Gasteiger partial charge in [-0.2, -0.15) is 4.31 Å². The highest BCUT2D eigenvalue weighted by Crippen LogP contribution is 2.23. The normalized spacial score (nSPS) is 11.4. The molecular formula is C18H20ClN3O5S. The minimum absolute atomic E-state index is 0.0129. The molecule has 0 heterocycles. The minimum Gasteiger partial charge on any atom is -0.348 e. The Morgan fingerprint density at radius 2 is 1.75 bits per heavy atom. The van der Waals surface area contributed by atoms with Gasteiger partial charge >= 0.3 is 0 Å². The molecule has 0 spiro atoms. The maximum absolute atomic E-state index is 12.6. The van der Waals surface area contributed by atoms with Crippen LogP contribution in [0.4, 0.5) is 5.69 Å². The summed E-state index contributed by atoms with van der Waals surface area (Å²) in [4.78, 5) is 22.6. The van der Waals surface area contributed by atoms with Crippen molar-refractivity contribution in [1.82, 2.24) is 9.62 Å². The van der Waals surface area contributed by atoms with Crippen molar-refractivity contribution >= 4 is 33.2 Å². The molecule has 0 aromatic heterocycles. The second-order valence-electron chi connectivity index (χ2n) is 5.84. The molecule has 0 aliphatic rings. The van der Waals surface area contributed by atoms with Crippen LogP contribution in [0.25, 0.3) is 0 Å². The molecule has 28 heavy (non-hydrogen) atoms. The number of hydrogen-bond donors (Lipinski definition) is 1. The smallest absolute Gasteiger partial charge is 0.269 e. The van der Waals surface area contributed by atoms with Crippen molar-refractivity contribution in [2.45, 2.75) is 25.3 Å². The summed E-state index contributed by atoms with van der Waals surface area (Å²) in [6.07, 6.45) is 0. The molecule has 0 saturated carbocycles. The highest BCUT2D eigenvalue weighted by atomic mass is 35.5. The molecule has 1 amide bonds. The molecule has 2 aromatic carbocycles. The largest absolute Gasteiger partial charge is 0.348 e. The Kier molecular flexibility index (Phi) is 7.11. The Hall–Kier alpha value is -2.49. The van der Waals surface area contributed by atoms with Gasteiger partial charge in [-0.3, -0.25) is 14.9 Å². The average molecular weight is 426 g/mol. The number of nitrogens with zero attached hydrogens (tertiary/aromatic N) is 2. The monoisotopic (exact) mass is 425 g/mol. The molecule has 0 aliphatic heterocycles. The van der Waals surface area contributed by atoms with Gasteiger partial charge in [0, 0.05) is 31.8 Å². The topological polar surface area (TPSA) is 110 Å². The maximum atomic E-state index is 12.6. The number of carbonyl (C=O) groups is 1. The Morgan fingerprint density at radius 1 is 1.14 bits per heavy atom. The summed E-state index contributed by atoms with van der Waals surface area (Å²) in [7, 11) is -3.72. The number of hydrogen-bond acceptors (Lipinski definition) is 5. The van der Waals surface area contributed by atoms with E-state index < -0.39 is 20.9 Å². The van der Waals surface area contributed by atoms with Crippen LogP contribution in [0.2, 0.25) is 5.02 Å². The third kappa shape index (κ3) is 4.86. The Balaban J connectivity index is 2.20. The van der Waals surface area contributed by atoms with Crippen LogP contribution >= 0.6 is 11.6 Å². The van der Waals surface area contributed by atoms with Gasteiger partial charge in [0.2, 0.25) is 10.0 Å². The second kappa shape index (κ2) is 9.13. The van der Waals surface area contributed by atoms with E-state index in [9.17, 15) is 23.3 Å². The molecule has 150 valence electrons. The van der Waals surface area contributed by atoms with Crippen molar-refractivity contribution in [3.63, 3.8) is 0 Å². The first-order chi connectivity index (χ1) is 13.2. The average Bonchev–Trinajstić information content (AvgIpc) is 2.67. The number of non-ortho nitro benzene ring substituents is 1. The lowest BCUT2D eigenvalue weighted by atomic mass is 10.2. The number of nitro benzene ring substituents is 1. The van der Waals surface area contributed by atoms with Crippen LogP contribution in [0.15, 0.2) is 47.4 Å². The van der Waals surface area contributed by atoms with Crippen LogP contribution in [-0.2, 0) is 16.6 Å². The second-order valence-corrected chi connectivity index (χ2v) is 8.18. The van der Waals surface area contributed by atoms with Crippen molar-refractivity contribution < 1.29 is 18.1 Å². The van der Waals surface area contributed by atoms with E-state index >= 15 is 0 Å². The van der Waals surface area contributed by atoms with Gasteiger partial charge in [-0.25, -0.2) is 8.42 Å². The molecule has 1 N–H and O–H groups in total. The van der Waals surface area contributed by atoms with E-state index in [2.05, 4.69) is 5.32 Å². The molecule has 10 heteroatoms. The molecule has 0 aliphatic carbocycles. The van der Waals surface area contributed by atoms with Gasteiger partial charge in [-0.1, -0.05) is 37.6 Å². The summed E-state index contributed by atoms with van der Waals surface area (Å²) in [5.41, 5.74) is 0.645. The molecule has 0 fully saturated rings. The molecule has 0 saturated heterocycles. The summed E-state index contributed by atoms with van der Waals surface area (Å²) in [5.74, 6) is -0.542. The quantitative estimate of drug-likeness (QED) is 0.515. The Bertz CT molecular complexity index is 973.